The quantitative estimate of drug-likeness (QED) is 0.576. The van der Waals surface area contributed by atoms with Gasteiger partial charge in [-0.1, -0.05) is 48.0 Å². The fourth-order valence-electron chi connectivity index (χ4n) is 1.94. The number of methoxy groups -OCH3 is 1. The van der Waals surface area contributed by atoms with Crippen LogP contribution in [0.4, 0.5) is 0 Å². The highest BCUT2D eigenvalue weighted by Crippen LogP contribution is 2.29. The lowest BCUT2D eigenvalue weighted by molar-refractivity contribution is 0.199. The summed E-state index contributed by atoms with van der Waals surface area (Å²) in [6.45, 7) is 2.40. The Bertz CT molecular complexity index is 548. The van der Waals surface area contributed by atoms with Gasteiger partial charge in [-0.05, 0) is 23.3 Å². The molecule has 0 saturated carbocycles. The molecule has 2 aromatic rings. The summed E-state index contributed by atoms with van der Waals surface area (Å²) in [6, 6.07) is 16.6. The second kappa shape index (κ2) is 9.11. The molecule has 1 N–H and O–H groups in total. The van der Waals surface area contributed by atoms with Crippen molar-refractivity contribution in [2.24, 2.45) is 0 Å². The number of rotatable bonds is 8. The highest BCUT2D eigenvalue weighted by Gasteiger charge is 2.05. The number of halogens is 1. The van der Waals surface area contributed by atoms with Crippen molar-refractivity contribution in [3.05, 3.63) is 64.7 Å². The van der Waals surface area contributed by atoms with E-state index in [0.29, 0.717) is 0 Å². The zero-order valence-electron chi connectivity index (χ0n) is 12.1. The Hall–Kier alpha value is -1.00. The molecule has 2 rings (SSSR count). The molecule has 2 nitrogen and oxygen atoms in total. The monoisotopic (exact) mass is 321 g/mol. The first-order valence-electron chi connectivity index (χ1n) is 6.94. The first-order valence-corrected chi connectivity index (χ1v) is 8.31. The molecule has 0 aliphatic heterocycles. The summed E-state index contributed by atoms with van der Waals surface area (Å²) in [7, 11) is 1.71. The van der Waals surface area contributed by atoms with E-state index in [1.807, 2.05) is 30.0 Å². The molecule has 2 aromatic carbocycles. The summed E-state index contributed by atoms with van der Waals surface area (Å²) in [5.41, 5.74) is 2.59. The minimum absolute atomic E-state index is 0.722. The second-order valence-corrected chi connectivity index (χ2v) is 6.15. The molecular weight excluding hydrogens is 302 g/mol. The van der Waals surface area contributed by atoms with Crippen LogP contribution in [0, 0.1) is 0 Å². The molecule has 0 atom stereocenters. The molecule has 112 valence electrons. The van der Waals surface area contributed by atoms with E-state index >= 15 is 0 Å². The molecule has 0 aliphatic carbocycles. The number of benzene rings is 2. The van der Waals surface area contributed by atoms with E-state index in [9.17, 15) is 0 Å². The molecule has 21 heavy (non-hydrogen) atoms. The lowest BCUT2D eigenvalue weighted by Crippen LogP contribution is -2.18. The van der Waals surface area contributed by atoms with E-state index in [2.05, 4.69) is 35.6 Å². The summed E-state index contributed by atoms with van der Waals surface area (Å²) in [5.74, 6) is 0.951. The van der Waals surface area contributed by atoms with Gasteiger partial charge in [-0.3, -0.25) is 0 Å². The largest absolute Gasteiger partial charge is 0.383 e. The second-order valence-electron chi connectivity index (χ2n) is 4.70. The summed E-state index contributed by atoms with van der Waals surface area (Å²) in [5, 5.41) is 4.16. The fraction of sp³-hybridized carbons (Fsp3) is 0.294. The fourth-order valence-corrected chi connectivity index (χ4v) is 3.23. The lowest BCUT2D eigenvalue weighted by Gasteiger charge is -2.11. The Morgan fingerprint density at radius 3 is 2.71 bits per heavy atom. The minimum atomic E-state index is 0.722. The smallest absolute Gasteiger partial charge is 0.0587 e. The number of hydrogen-bond donors (Lipinski definition) is 1. The molecule has 0 bridgehead atoms. The first kappa shape index (κ1) is 16.4. The molecule has 0 aromatic heterocycles. The average molecular weight is 322 g/mol. The third kappa shape index (κ3) is 5.71. The van der Waals surface area contributed by atoms with Gasteiger partial charge < -0.3 is 10.1 Å². The van der Waals surface area contributed by atoms with Crippen LogP contribution in [0.25, 0.3) is 0 Å². The van der Waals surface area contributed by atoms with Crippen LogP contribution in [-0.4, -0.2) is 20.3 Å². The van der Waals surface area contributed by atoms with Crippen LogP contribution in [0.1, 0.15) is 11.1 Å². The Morgan fingerprint density at radius 2 is 1.95 bits per heavy atom. The van der Waals surface area contributed by atoms with Gasteiger partial charge in [-0.2, -0.15) is 0 Å². The topological polar surface area (TPSA) is 21.3 Å². The van der Waals surface area contributed by atoms with Crippen LogP contribution in [0.5, 0.6) is 0 Å². The van der Waals surface area contributed by atoms with E-state index in [-0.39, 0.29) is 0 Å². The van der Waals surface area contributed by atoms with Crippen LogP contribution < -0.4 is 5.32 Å². The highest BCUT2D eigenvalue weighted by molar-refractivity contribution is 7.98. The number of nitrogens with one attached hydrogen (secondary N) is 1. The molecule has 0 amide bonds. The lowest BCUT2D eigenvalue weighted by atomic mass is 10.2. The van der Waals surface area contributed by atoms with E-state index in [1.165, 1.54) is 16.0 Å². The number of ether oxygens (including phenoxy) is 1. The zero-order valence-corrected chi connectivity index (χ0v) is 13.7. The maximum absolute atomic E-state index is 6.13. The van der Waals surface area contributed by atoms with Gasteiger partial charge in [0.1, 0.15) is 0 Å². The summed E-state index contributed by atoms with van der Waals surface area (Å²) in [6.07, 6.45) is 0. The number of hydrogen-bond acceptors (Lipinski definition) is 3. The van der Waals surface area contributed by atoms with Gasteiger partial charge in [-0.15, -0.1) is 11.8 Å². The Labute approximate surface area is 135 Å². The van der Waals surface area contributed by atoms with Crippen LogP contribution in [0.2, 0.25) is 5.02 Å². The van der Waals surface area contributed by atoms with Gasteiger partial charge in [0.05, 0.1) is 6.61 Å². The summed E-state index contributed by atoms with van der Waals surface area (Å²) >= 11 is 7.95. The molecule has 0 heterocycles. The average Bonchev–Trinajstić information content (AvgIpc) is 2.52. The summed E-state index contributed by atoms with van der Waals surface area (Å²) in [4.78, 5) is 1.23. The third-order valence-electron chi connectivity index (χ3n) is 3.06. The zero-order chi connectivity index (χ0) is 14.9. The Morgan fingerprint density at radius 1 is 1.14 bits per heavy atom. The molecule has 0 saturated heterocycles. The number of thioether (sulfide) groups is 1. The predicted molar refractivity (Wildman–Crippen MR) is 91.0 cm³/mol. The van der Waals surface area contributed by atoms with Crippen molar-refractivity contribution >= 4 is 23.4 Å². The first-order chi connectivity index (χ1) is 10.3. The maximum Gasteiger partial charge on any atom is 0.0587 e. The highest BCUT2D eigenvalue weighted by atomic mass is 35.5. The minimum Gasteiger partial charge on any atom is -0.383 e. The predicted octanol–water partition coefficient (Wildman–Crippen LogP) is 4.37. The van der Waals surface area contributed by atoms with Crippen LogP contribution in [-0.2, 0) is 17.0 Å². The van der Waals surface area contributed by atoms with Gasteiger partial charge >= 0.3 is 0 Å². The van der Waals surface area contributed by atoms with Gasteiger partial charge in [0.2, 0.25) is 0 Å². The normalized spacial score (nSPS) is 10.8. The third-order valence-corrected chi connectivity index (χ3v) is 4.47. The van der Waals surface area contributed by atoms with Crippen molar-refractivity contribution in [1.82, 2.24) is 5.32 Å². The molecule has 0 unspecified atom stereocenters. The Balaban J connectivity index is 1.97. The van der Waals surface area contributed by atoms with Crippen molar-refractivity contribution in [1.29, 1.82) is 0 Å². The molecule has 0 fully saturated rings. The summed E-state index contributed by atoms with van der Waals surface area (Å²) < 4.78 is 5.05. The van der Waals surface area contributed by atoms with Crippen LogP contribution in [0.3, 0.4) is 0 Å². The van der Waals surface area contributed by atoms with Crippen LogP contribution >= 0.6 is 23.4 Å². The maximum atomic E-state index is 6.13. The Kier molecular flexibility index (Phi) is 7.10. The molecule has 0 radical (unpaired) electrons. The van der Waals surface area contributed by atoms with E-state index in [4.69, 9.17) is 16.3 Å². The molecule has 0 spiro atoms. The van der Waals surface area contributed by atoms with E-state index < -0.39 is 0 Å². The van der Waals surface area contributed by atoms with Crippen molar-refractivity contribution < 1.29 is 4.74 Å². The van der Waals surface area contributed by atoms with Crippen molar-refractivity contribution in [2.75, 3.05) is 20.3 Å². The van der Waals surface area contributed by atoms with Gasteiger partial charge in [0, 0.05) is 35.9 Å². The van der Waals surface area contributed by atoms with E-state index in [1.54, 1.807) is 7.11 Å². The SMILES string of the molecule is COCCNCc1ccc(Cl)cc1SCc1ccccc1. The molecule has 0 aliphatic rings. The van der Waals surface area contributed by atoms with Crippen LogP contribution in [0.15, 0.2) is 53.4 Å². The molecular formula is C17H20ClNOS. The molecule has 4 heteroatoms. The van der Waals surface area contributed by atoms with Crippen molar-refractivity contribution in [2.45, 2.75) is 17.2 Å². The van der Waals surface area contributed by atoms with Crippen molar-refractivity contribution in [3.8, 4) is 0 Å². The van der Waals surface area contributed by atoms with E-state index in [0.717, 1.165) is 30.5 Å². The van der Waals surface area contributed by atoms with Crippen molar-refractivity contribution in [3.63, 3.8) is 0 Å². The van der Waals surface area contributed by atoms with Gasteiger partial charge in [0.15, 0.2) is 0 Å². The standard InChI is InChI=1S/C17H20ClNOS/c1-20-10-9-19-12-15-7-8-16(18)11-17(15)21-13-14-5-3-2-4-6-14/h2-8,11,19H,9-10,12-13H2,1H3. The van der Waals surface area contributed by atoms with Gasteiger partial charge in [0.25, 0.3) is 0 Å². The van der Waals surface area contributed by atoms with Gasteiger partial charge in [-0.25, -0.2) is 0 Å².